The van der Waals surface area contributed by atoms with Gasteiger partial charge in [-0.2, -0.15) is 0 Å². The van der Waals surface area contributed by atoms with Gasteiger partial charge in [0, 0.05) is 0 Å². The molecule has 0 atom stereocenters. The molecule has 0 spiro atoms. The zero-order valence-electron chi connectivity index (χ0n) is 3.88. The molecule has 0 unspecified atom stereocenters. The molecule has 4 heteroatoms. The average Bonchev–Trinajstić information content (AvgIpc) is 2.15. The van der Waals surface area contributed by atoms with Gasteiger partial charge in [0.2, 0.25) is 0 Å². The SMILES string of the molecule is [c]1nc2ncsc2[nH]1. The number of imidazole rings is 1. The van der Waals surface area contributed by atoms with Crippen molar-refractivity contribution in [2.24, 2.45) is 0 Å². The van der Waals surface area contributed by atoms with E-state index in [0.717, 1.165) is 10.5 Å². The molecule has 1 N–H and O–H groups in total. The number of hydrogen-bond acceptors (Lipinski definition) is 3. The molecule has 0 aliphatic heterocycles. The lowest BCUT2D eigenvalue weighted by molar-refractivity contribution is 1.29. The summed E-state index contributed by atoms with van der Waals surface area (Å²) in [5.74, 6) is 0. The predicted molar refractivity (Wildman–Crippen MR) is 30.6 cm³/mol. The van der Waals surface area contributed by atoms with Crippen molar-refractivity contribution in [2.45, 2.75) is 0 Å². The molecule has 8 heavy (non-hydrogen) atoms. The fourth-order valence-electron chi connectivity index (χ4n) is 0.537. The first-order valence-corrected chi connectivity index (χ1v) is 3.00. The van der Waals surface area contributed by atoms with Crippen LogP contribution in [0.1, 0.15) is 0 Å². The fraction of sp³-hybridized carbons (Fsp3) is 0. The third-order valence-electron chi connectivity index (χ3n) is 0.880. The zero-order chi connectivity index (χ0) is 5.40. The number of aromatic amines is 1. The quantitative estimate of drug-likeness (QED) is 0.565. The third-order valence-corrected chi connectivity index (χ3v) is 1.61. The maximum Gasteiger partial charge on any atom is 0.189 e. The monoisotopic (exact) mass is 124 g/mol. The highest BCUT2D eigenvalue weighted by Crippen LogP contribution is 2.09. The molecule has 2 aromatic heterocycles. The van der Waals surface area contributed by atoms with Gasteiger partial charge < -0.3 is 4.98 Å². The number of fused-ring (bicyclic) bond motifs is 1. The minimum Gasteiger partial charge on any atom is -0.326 e. The number of hydrogen-bond donors (Lipinski definition) is 1. The molecule has 0 fully saturated rings. The van der Waals surface area contributed by atoms with Crippen LogP contribution in [0.5, 0.6) is 0 Å². The molecule has 39 valence electrons. The van der Waals surface area contributed by atoms with Crippen LogP contribution in [0, 0.1) is 6.33 Å². The first kappa shape index (κ1) is 4.03. The van der Waals surface area contributed by atoms with E-state index in [0.29, 0.717) is 0 Å². The van der Waals surface area contributed by atoms with Gasteiger partial charge in [0.25, 0.3) is 0 Å². The van der Waals surface area contributed by atoms with Crippen LogP contribution >= 0.6 is 11.3 Å². The summed E-state index contributed by atoms with van der Waals surface area (Å²) in [5.41, 5.74) is 2.51. The Labute approximate surface area is 49.4 Å². The van der Waals surface area contributed by atoms with E-state index in [1.54, 1.807) is 5.51 Å². The summed E-state index contributed by atoms with van der Waals surface area (Å²) in [7, 11) is 0. The molecule has 0 bridgehead atoms. The molecule has 0 aliphatic rings. The Morgan fingerprint density at radius 1 is 1.75 bits per heavy atom. The van der Waals surface area contributed by atoms with Crippen molar-refractivity contribution in [1.29, 1.82) is 0 Å². The lowest BCUT2D eigenvalue weighted by atomic mass is 10.8. The largest absolute Gasteiger partial charge is 0.326 e. The summed E-state index contributed by atoms with van der Waals surface area (Å²) in [6.45, 7) is 0. The maximum atomic E-state index is 3.92. The smallest absolute Gasteiger partial charge is 0.189 e. The zero-order valence-corrected chi connectivity index (χ0v) is 4.70. The van der Waals surface area contributed by atoms with Crippen molar-refractivity contribution < 1.29 is 0 Å². The van der Waals surface area contributed by atoms with Crippen molar-refractivity contribution in [3.05, 3.63) is 11.8 Å². The summed E-state index contributed by atoms with van der Waals surface area (Å²) in [6, 6.07) is 0. The van der Waals surface area contributed by atoms with Crippen molar-refractivity contribution in [3.63, 3.8) is 0 Å². The van der Waals surface area contributed by atoms with Gasteiger partial charge in [-0.3, -0.25) is 0 Å². The molecule has 0 aromatic carbocycles. The van der Waals surface area contributed by atoms with Gasteiger partial charge in [0.15, 0.2) is 12.0 Å². The maximum absolute atomic E-state index is 3.92. The van der Waals surface area contributed by atoms with Crippen LogP contribution in [0.25, 0.3) is 10.5 Å². The Balaban J connectivity index is 3.06. The van der Waals surface area contributed by atoms with Crippen LogP contribution in [-0.4, -0.2) is 15.0 Å². The second kappa shape index (κ2) is 1.29. The highest BCUT2D eigenvalue weighted by Gasteiger charge is 1.94. The Bertz CT molecular complexity index is 233. The first-order chi connectivity index (χ1) is 3.97. The summed E-state index contributed by atoms with van der Waals surface area (Å²) in [4.78, 5) is 11.5. The highest BCUT2D eigenvalue weighted by atomic mass is 32.1. The number of nitrogens with zero attached hydrogens (tertiary/aromatic N) is 2. The molecule has 0 aliphatic carbocycles. The molecule has 2 aromatic rings. The van der Waals surface area contributed by atoms with Gasteiger partial charge in [0.1, 0.15) is 4.83 Å². The van der Waals surface area contributed by atoms with Gasteiger partial charge in [-0.25, -0.2) is 9.97 Å². The van der Waals surface area contributed by atoms with E-state index in [4.69, 9.17) is 0 Å². The van der Waals surface area contributed by atoms with Crippen molar-refractivity contribution in [3.8, 4) is 0 Å². The van der Waals surface area contributed by atoms with E-state index in [9.17, 15) is 0 Å². The number of H-pyrrole nitrogens is 1. The van der Waals surface area contributed by atoms with Crippen LogP contribution in [-0.2, 0) is 0 Å². The minimum absolute atomic E-state index is 0.759. The second-order valence-electron chi connectivity index (χ2n) is 1.35. The lowest BCUT2D eigenvalue weighted by Crippen LogP contribution is -1.59. The van der Waals surface area contributed by atoms with E-state index < -0.39 is 0 Å². The standard InChI is InChI=1S/C4H2N3S/c1-5-3-4(6-1)8-2-7-3/h2H,(H,5,6). The Morgan fingerprint density at radius 2 is 2.75 bits per heavy atom. The van der Waals surface area contributed by atoms with Crippen LogP contribution in [0.3, 0.4) is 0 Å². The van der Waals surface area contributed by atoms with Crippen LogP contribution in [0.2, 0.25) is 0 Å². The summed E-state index contributed by atoms with van der Waals surface area (Å²) in [5, 5.41) is 0. The normalized spacial score (nSPS) is 10.5. The molecule has 1 radical (unpaired) electrons. The van der Waals surface area contributed by atoms with Crippen LogP contribution in [0.4, 0.5) is 0 Å². The van der Waals surface area contributed by atoms with Gasteiger partial charge in [-0.15, -0.1) is 11.3 Å². The van der Waals surface area contributed by atoms with E-state index >= 15 is 0 Å². The summed E-state index contributed by atoms with van der Waals surface area (Å²) >= 11 is 1.53. The second-order valence-corrected chi connectivity index (χ2v) is 2.21. The van der Waals surface area contributed by atoms with Gasteiger partial charge in [-0.05, 0) is 0 Å². The number of aromatic nitrogens is 3. The Hall–Kier alpha value is -0.900. The van der Waals surface area contributed by atoms with Crippen LogP contribution < -0.4 is 0 Å². The lowest BCUT2D eigenvalue weighted by Gasteiger charge is -1.61. The van der Waals surface area contributed by atoms with E-state index in [-0.39, 0.29) is 0 Å². The van der Waals surface area contributed by atoms with Crippen molar-refractivity contribution in [1.82, 2.24) is 15.0 Å². The summed E-state index contributed by atoms with van der Waals surface area (Å²) < 4.78 is 0. The predicted octanol–water partition coefficient (Wildman–Crippen LogP) is 0.820. The van der Waals surface area contributed by atoms with Crippen molar-refractivity contribution >= 4 is 21.8 Å². The molecule has 0 amide bonds. The first-order valence-electron chi connectivity index (χ1n) is 2.12. The van der Waals surface area contributed by atoms with Gasteiger partial charge >= 0.3 is 0 Å². The van der Waals surface area contributed by atoms with E-state index in [1.807, 2.05) is 0 Å². The number of thiazole rings is 1. The molecule has 2 heterocycles. The van der Waals surface area contributed by atoms with Gasteiger partial charge in [-0.1, -0.05) is 0 Å². The topological polar surface area (TPSA) is 41.6 Å². The molecule has 0 saturated carbocycles. The van der Waals surface area contributed by atoms with E-state index in [1.165, 1.54) is 11.3 Å². The highest BCUT2D eigenvalue weighted by molar-refractivity contribution is 7.16. The Morgan fingerprint density at radius 3 is 3.62 bits per heavy atom. The molecular formula is C4H2N3S. The van der Waals surface area contributed by atoms with Crippen LogP contribution in [0.15, 0.2) is 5.51 Å². The Kier molecular flexibility index (Phi) is 0.648. The molecule has 3 nitrogen and oxygen atoms in total. The molecule has 2 rings (SSSR count). The molecule has 0 saturated heterocycles. The molecular weight excluding hydrogens is 122 g/mol. The van der Waals surface area contributed by atoms with E-state index in [2.05, 4.69) is 21.3 Å². The number of rotatable bonds is 0. The average molecular weight is 124 g/mol. The fourth-order valence-corrected chi connectivity index (χ4v) is 1.10. The minimum atomic E-state index is 0.759. The third kappa shape index (κ3) is 0.376. The number of nitrogens with one attached hydrogen (secondary N) is 1. The van der Waals surface area contributed by atoms with Crippen molar-refractivity contribution in [2.75, 3.05) is 0 Å². The summed E-state index contributed by atoms with van der Waals surface area (Å²) in [6.07, 6.45) is 2.59. The van der Waals surface area contributed by atoms with Gasteiger partial charge in [0.05, 0.1) is 5.51 Å².